The molecule has 0 heterocycles. The normalized spacial score (nSPS) is 10.3. The summed E-state index contributed by atoms with van der Waals surface area (Å²) in [6.07, 6.45) is -1.44. The van der Waals surface area contributed by atoms with Crippen LogP contribution in [0.15, 0.2) is 30.3 Å². The van der Waals surface area contributed by atoms with Crippen LogP contribution < -0.4 is 4.74 Å². The van der Waals surface area contributed by atoms with E-state index in [4.69, 9.17) is 9.84 Å². The first-order chi connectivity index (χ1) is 9.43. The fraction of sp³-hybridized carbons (Fsp3) is 0.188. The largest absolute Gasteiger partial charge is 0.511 e. The molecule has 0 unspecified atom stereocenters. The van der Waals surface area contributed by atoms with Crippen molar-refractivity contribution in [3.05, 3.63) is 47.0 Å². The van der Waals surface area contributed by atoms with Crippen molar-refractivity contribution in [1.29, 1.82) is 0 Å². The number of phenols is 1. The smallest absolute Gasteiger partial charge is 0.504 e. The molecule has 0 spiro atoms. The molecule has 0 amide bonds. The molecule has 20 heavy (non-hydrogen) atoms. The second kappa shape index (κ2) is 5.25. The summed E-state index contributed by atoms with van der Waals surface area (Å²) < 4.78 is 4.74. The van der Waals surface area contributed by atoms with E-state index in [2.05, 4.69) is 0 Å². The van der Waals surface area contributed by atoms with Crippen molar-refractivity contribution in [2.75, 3.05) is 0 Å². The minimum atomic E-state index is -1.44. The van der Waals surface area contributed by atoms with E-state index in [1.807, 2.05) is 44.2 Å². The number of hydrogen-bond acceptors (Lipinski definition) is 3. The Kier molecular flexibility index (Phi) is 3.66. The molecule has 2 aromatic carbocycles. The molecule has 0 atom stereocenters. The van der Waals surface area contributed by atoms with Gasteiger partial charge >= 0.3 is 6.16 Å². The van der Waals surface area contributed by atoms with Gasteiger partial charge in [-0.25, -0.2) is 4.79 Å². The van der Waals surface area contributed by atoms with Gasteiger partial charge in [0.1, 0.15) is 0 Å². The molecule has 4 nitrogen and oxygen atoms in total. The molecule has 104 valence electrons. The van der Waals surface area contributed by atoms with Crippen LogP contribution in [0.5, 0.6) is 11.5 Å². The second-order valence-electron chi connectivity index (χ2n) is 4.66. The molecule has 0 radical (unpaired) electrons. The van der Waals surface area contributed by atoms with Gasteiger partial charge in [-0.2, -0.15) is 0 Å². The quantitative estimate of drug-likeness (QED) is 0.639. The Morgan fingerprint density at radius 3 is 2.15 bits per heavy atom. The van der Waals surface area contributed by atoms with Crippen molar-refractivity contribution in [3.8, 4) is 22.6 Å². The van der Waals surface area contributed by atoms with Gasteiger partial charge < -0.3 is 14.9 Å². The van der Waals surface area contributed by atoms with Crippen molar-refractivity contribution in [2.45, 2.75) is 20.8 Å². The molecule has 4 heteroatoms. The van der Waals surface area contributed by atoms with Gasteiger partial charge in [0.2, 0.25) is 0 Å². The lowest BCUT2D eigenvalue weighted by molar-refractivity contribution is 0.142. The standard InChI is InChI=1S/C16H16O4/c1-9-10(2)13(12-7-5-4-6-8-12)14(17)15(11(9)3)20-16(18)19/h4-8,17H,1-3H3,(H,18,19). The van der Waals surface area contributed by atoms with E-state index in [0.29, 0.717) is 11.1 Å². The first kappa shape index (κ1) is 13.9. The molecular weight excluding hydrogens is 256 g/mol. The zero-order chi connectivity index (χ0) is 14.9. The van der Waals surface area contributed by atoms with E-state index < -0.39 is 6.16 Å². The maximum Gasteiger partial charge on any atom is 0.511 e. The summed E-state index contributed by atoms with van der Waals surface area (Å²) in [7, 11) is 0. The third-order valence-electron chi connectivity index (χ3n) is 3.54. The van der Waals surface area contributed by atoms with Crippen LogP contribution in [0.4, 0.5) is 4.79 Å². The third-order valence-corrected chi connectivity index (χ3v) is 3.54. The first-order valence-electron chi connectivity index (χ1n) is 6.22. The van der Waals surface area contributed by atoms with Gasteiger partial charge in [-0.3, -0.25) is 0 Å². The lowest BCUT2D eigenvalue weighted by Crippen LogP contribution is -2.07. The van der Waals surface area contributed by atoms with E-state index in [1.54, 1.807) is 6.92 Å². The molecule has 2 N–H and O–H groups in total. The van der Waals surface area contributed by atoms with Gasteiger partial charge in [0.15, 0.2) is 11.5 Å². The van der Waals surface area contributed by atoms with Crippen molar-refractivity contribution in [1.82, 2.24) is 0 Å². The zero-order valence-corrected chi connectivity index (χ0v) is 11.6. The van der Waals surface area contributed by atoms with Crippen LogP contribution >= 0.6 is 0 Å². The lowest BCUT2D eigenvalue weighted by atomic mass is 9.92. The van der Waals surface area contributed by atoms with Crippen LogP contribution in [0.25, 0.3) is 11.1 Å². The van der Waals surface area contributed by atoms with Gasteiger partial charge in [0, 0.05) is 5.56 Å². The highest BCUT2D eigenvalue weighted by atomic mass is 16.7. The number of rotatable bonds is 2. The van der Waals surface area contributed by atoms with E-state index in [-0.39, 0.29) is 11.5 Å². The number of carbonyl (C=O) groups is 1. The van der Waals surface area contributed by atoms with Gasteiger partial charge in [-0.05, 0) is 43.0 Å². The maximum absolute atomic E-state index is 10.8. The molecule has 0 aliphatic heterocycles. The van der Waals surface area contributed by atoms with Crippen LogP contribution in [0.1, 0.15) is 16.7 Å². The lowest BCUT2D eigenvalue weighted by Gasteiger charge is -2.18. The monoisotopic (exact) mass is 272 g/mol. The number of phenolic OH excluding ortho intramolecular Hbond substituents is 1. The van der Waals surface area contributed by atoms with Gasteiger partial charge in [0.05, 0.1) is 0 Å². The third kappa shape index (κ3) is 2.32. The Morgan fingerprint density at radius 1 is 1.00 bits per heavy atom. The summed E-state index contributed by atoms with van der Waals surface area (Å²) in [6, 6.07) is 9.33. The number of benzene rings is 2. The predicted octanol–water partition coefficient (Wildman–Crippen LogP) is 4.04. The molecule has 0 saturated heterocycles. The Labute approximate surface area is 117 Å². The molecule has 0 aromatic heterocycles. The predicted molar refractivity (Wildman–Crippen MR) is 76.4 cm³/mol. The van der Waals surface area contributed by atoms with E-state index in [0.717, 1.165) is 16.7 Å². The zero-order valence-electron chi connectivity index (χ0n) is 11.6. The molecular formula is C16H16O4. The Hall–Kier alpha value is -2.49. The first-order valence-corrected chi connectivity index (χ1v) is 6.22. The summed E-state index contributed by atoms with van der Waals surface area (Å²) in [5, 5.41) is 19.2. The van der Waals surface area contributed by atoms with Crippen molar-refractivity contribution in [3.63, 3.8) is 0 Å². The van der Waals surface area contributed by atoms with E-state index in [9.17, 15) is 9.90 Å². The molecule has 0 bridgehead atoms. The van der Waals surface area contributed by atoms with E-state index >= 15 is 0 Å². The van der Waals surface area contributed by atoms with Crippen LogP contribution in [0.3, 0.4) is 0 Å². The minimum Gasteiger partial charge on any atom is -0.504 e. The Balaban J connectivity index is 2.75. The number of carboxylic acid groups (broad SMARTS) is 1. The SMILES string of the molecule is Cc1c(C)c(OC(=O)O)c(O)c(-c2ccccc2)c1C. The number of hydrogen-bond donors (Lipinski definition) is 2. The Morgan fingerprint density at radius 2 is 1.60 bits per heavy atom. The maximum atomic E-state index is 10.8. The number of aromatic hydroxyl groups is 1. The molecule has 0 saturated carbocycles. The summed E-state index contributed by atoms with van der Waals surface area (Å²) in [6.45, 7) is 5.51. The van der Waals surface area contributed by atoms with Crippen molar-refractivity contribution < 1.29 is 19.7 Å². The fourth-order valence-electron chi connectivity index (χ4n) is 2.28. The highest BCUT2D eigenvalue weighted by Gasteiger charge is 2.21. The molecule has 0 aliphatic carbocycles. The summed E-state index contributed by atoms with van der Waals surface area (Å²) in [5.41, 5.74) is 3.86. The molecule has 2 rings (SSSR count). The van der Waals surface area contributed by atoms with Gasteiger partial charge in [-0.1, -0.05) is 30.3 Å². The fourth-order valence-corrected chi connectivity index (χ4v) is 2.28. The van der Waals surface area contributed by atoms with Crippen LogP contribution in [-0.2, 0) is 0 Å². The minimum absolute atomic E-state index is 0.000506. The Bertz CT molecular complexity index is 660. The average Bonchev–Trinajstić information content (AvgIpc) is 2.42. The molecule has 0 fully saturated rings. The summed E-state index contributed by atoms with van der Waals surface area (Å²) in [4.78, 5) is 10.8. The highest BCUT2D eigenvalue weighted by Crippen LogP contribution is 2.44. The second-order valence-corrected chi connectivity index (χ2v) is 4.66. The van der Waals surface area contributed by atoms with E-state index in [1.165, 1.54) is 0 Å². The van der Waals surface area contributed by atoms with Crippen LogP contribution in [0, 0.1) is 20.8 Å². The highest BCUT2D eigenvalue weighted by molar-refractivity contribution is 5.81. The molecule has 0 aliphatic rings. The van der Waals surface area contributed by atoms with Crippen molar-refractivity contribution >= 4 is 6.16 Å². The topological polar surface area (TPSA) is 66.8 Å². The van der Waals surface area contributed by atoms with Gasteiger partial charge in [0.25, 0.3) is 0 Å². The van der Waals surface area contributed by atoms with Crippen molar-refractivity contribution in [2.24, 2.45) is 0 Å². The number of ether oxygens (including phenoxy) is 1. The summed E-state index contributed by atoms with van der Waals surface area (Å²) >= 11 is 0. The van der Waals surface area contributed by atoms with Gasteiger partial charge in [-0.15, -0.1) is 0 Å². The van der Waals surface area contributed by atoms with Crippen LogP contribution in [-0.4, -0.2) is 16.4 Å². The average molecular weight is 272 g/mol. The van der Waals surface area contributed by atoms with Crippen LogP contribution in [0.2, 0.25) is 0 Å². The molecule has 2 aromatic rings. The summed E-state index contributed by atoms with van der Waals surface area (Å²) in [5.74, 6) is -0.140.